The first-order chi connectivity index (χ1) is 11.7. The molecule has 0 fully saturated rings. The lowest BCUT2D eigenvalue weighted by atomic mass is 9.89. The summed E-state index contributed by atoms with van der Waals surface area (Å²) >= 11 is 0. The van der Waals surface area contributed by atoms with Crippen molar-refractivity contribution in [3.8, 4) is 11.8 Å². The summed E-state index contributed by atoms with van der Waals surface area (Å²) in [7, 11) is -2.53. The highest BCUT2D eigenvalue weighted by Gasteiger charge is 2.49. The summed E-state index contributed by atoms with van der Waals surface area (Å²) in [6.45, 7) is 19.2. The lowest BCUT2D eigenvalue weighted by molar-refractivity contribution is -0.00712. The van der Waals surface area contributed by atoms with Crippen LogP contribution in [0.1, 0.15) is 33.3 Å². The third-order valence-electron chi connectivity index (χ3n) is 4.99. The van der Waals surface area contributed by atoms with Gasteiger partial charge in [0.1, 0.15) is 11.8 Å². The van der Waals surface area contributed by atoms with Gasteiger partial charge in [0.25, 0.3) is 0 Å². The van der Waals surface area contributed by atoms with Gasteiger partial charge >= 0.3 is 0 Å². The van der Waals surface area contributed by atoms with E-state index in [4.69, 9.17) is 13.6 Å². The van der Waals surface area contributed by atoms with Gasteiger partial charge in [-0.15, -0.1) is 0 Å². The standard InChI is InChI=1S/C20H35NO3Si2/c1-16(23-26(9,10)19(2,3)4)20(15-21,24-25(6,7)8)17-13-11-12-14-18(17)22-5/h11-14,16H,1-10H3/t16-,20+/m0/s1. The van der Waals surface area contributed by atoms with E-state index in [9.17, 15) is 5.26 Å². The molecule has 1 rings (SSSR count). The van der Waals surface area contributed by atoms with Crippen molar-refractivity contribution in [2.24, 2.45) is 0 Å². The van der Waals surface area contributed by atoms with Crippen LogP contribution in [0.2, 0.25) is 37.8 Å². The molecule has 0 aliphatic carbocycles. The molecule has 146 valence electrons. The maximum atomic E-state index is 10.3. The Morgan fingerprint density at radius 2 is 1.58 bits per heavy atom. The first-order valence-electron chi connectivity index (χ1n) is 9.13. The Balaban J connectivity index is 3.53. The van der Waals surface area contributed by atoms with E-state index >= 15 is 0 Å². The van der Waals surface area contributed by atoms with Crippen LogP contribution in [0, 0.1) is 11.3 Å². The number of para-hydroxylation sites is 1. The van der Waals surface area contributed by atoms with Crippen LogP contribution < -0.4 is 4.74 Å². The Kier molecular flexibility index (Phi) is 6.92. The van der Waals surface area contributed by atoms with Crippen LogP contribution >= 0.6 is 0 Å². The summed E-state index contributed by atoms with van der Waals surface area (Å²) in [5.74, 6) is 0.651. The zero-order valence-corrected chi connectivity index (χ0v) is 20.1. The molecule has 0 saturated carbocycles. The van der Waals surface area contributed by atoms with Crippen molar-refractivity contribution >= 4 is 16.6 Å². The topological polar surface area (TPSA) is 51.5 Å². The van der Waals surface area contributed by atoms with Gasteiger partial charge in [-0.25, -0.2) is 0 Å². The van der Waals surface area contributed by atoms with Crippen molar-refractivity contribution < 1.29 is 13.6 Å². The number of nitriles is 1. The molecule has 0 N–H and O–H groups in total. The highest BCUT2D eigenvalue weighted by atomic mass is 28.4. The van der Waals surface area contributed by atoms with E-state index in [2.05, 4.69) is 59.6 Å². The number of hydrogen-bond acceptors (Lipinski definition) is 4. The SMILES string of the molecule is COc1ccccc1[C@](C#N)(O[Si](C)(C)C)[C@H](C)O[Si](C)(C)C(C)(C)C. The van der Waals surface area contributed by atoms with Gasteiger partial charge in [0, 0.05) is 5.56 Å². The van der Waals surface area contributed by atoms with E-state index in [-0.39, 0.29) is 5.04 Å². The molecule has 1 aromatic rings. The van der Waals surface area contributed by atoms with Crippen LogP contribution in [0.3, 0.4) is 0 Å². The maximum absolute atomic E-state index is 10.3. The fraction of sp³-hybridized carbons (Fsp3) is 0.650. The fourth-order valence-electron chi connectivity index (χ4n) is 2.67. The van der Waals surface area contributed by atoms with Crippen LogP contribution in [0.15, 0.2) is 24.3 Å². The number of nitrogens with zero attached hydrogens (tertiary/aromatic N) is 1. The third kappa shape index (κ3) is 4.98. The number of ether oxygens (including phenoxy) is 1. The van der Waals surface area contributed by atoms with E-state index in [1.807, 2.05) is 31.2 Å². The van der Waals surface area contributed by atoms with Gasteiger partial charge in [-0.3, -0.25) is 0 Å². The Bertz CT molecular complexity index is 656. The van der Waals surface area contributed by atoms with E-state index in [1.165, 1.54) is 0 Å². The summed E-state index contributed by atoms with van der Waals surface area (Å²) in [5, 5.41) is 10.4. The van der Waals surface area contributed by atoms with E-state index < -0.39 is 28.3 Å². The van der Waals surface area contributed by atoms with Crippen LogP contribution in [-0.2, 0) is 14.5 Å². The molecule has 0 aliphatic rings. The number of benzene rings is 1. The number of hydrogen-bond donors (Lipinski definition) is 0. The molecule has 1 aromatic carbocycles. The highest BCUT2D eigenvalue weighted by molar-refractivity contribution is 6.74. The normalized spacial score (nSPS) is 16.5. The molecule has 0 spiro atoms. The van der Waals surface area contributed by atoms with Gasteiger partial charge in [0.15, 0.2) is 22.2 Å². The average Bonchev–Trinajstić information content (AvgIpc) is 2.50. The first-order valence-corrected chi connectivity index (χ1v) is 15.4. The van der Waals surface area contributed by atoms with Gasteiger partial charge in [-0.05, 0) is 50.8 Å². The molecule has 26 heavy (non-hydrogen) atoms. The predicted octanol–water partition coefficient (Wildman–Crippen LogP) is 5.68. The van der Waals surface area contributed by atoms with Gasteiger partial charge in [0.2, 0.25) is 0 Å². The van der Waals surface area contributed by atoms with Gasteiger partial charge in [-0.1, -0.05) is 39.0 Å². The molecule has 6 heteroatoms. The monoisotopic (exact) mass is 393 g/mol. The summed E-state index contributed by atoms with van der Waals surface area (Å²) in [6.07, 6.45) is -0.420. The molecule has 0 aromatic heterocycles. The first kappa shape index (κ1) is 22.9. The minimum Gasteiger partial charge on any atom is -0.496 e. The van der Waals surface area contributed by atoms with Crippen molar-refractivity contribution in [3.05, 3.63) is 29.8 Å². The van der Waals surface area contributed by atoms with Crippen molar-refractivity contribution in [1.29, 1.82) is 5.26 Å². The Labute approximate surface area is 161 Å². The second-order valence-corrected chi connectivity index (χ2v) is 18.5. The average molecular weight is 394 g/mol. The second-order valence-electron chi connectivity index (χ2n) is 9.28. The molecule has 0 heterocycles. The summed E-state index contributed by atoms with van der Waals surface area (Å²) in [4.78, 5) is 0. The highest BCUT2D eigenvalue weighted by Crippen LogP contribution is 2.43. The van der Waals surface area contributed by atoms with E-state index in [0.717, 1.165) is 5.56 Å². The number of rotatable bonds is 7. The molecule has 0 saturated heterocycles. The summed E-state index contributed by atoms with van der Waals surface area (Å²) in [5.41, 5.74) is -0.467. The van der Waals surface area contributed by atoms with Crippen molar-refractivity contribution in [2.75, 3.05) is 7.11 Å². The molecule has 2 atom stereocenters. The van der Waals surface area contributed by atoms with Crippen LogP contribution in [0.25, 0.3) is 0 Å². The van der Waals surface area contributed by atoms with Crippen LogP contribution in [-0.4, -0.2) is 29.8 Å². The molecule has 0 radical (unpaired) electrons. The van der Waals surface area contributed by atoms with E-state index in [1.54, 1.807) is 7.11 Å². The minimum atomic E-state index is -2.09. The van der Waals surface area contributed by atoms with Gasteiger partial charge in [0.05, 0.1) is 13.2 Å². The van der Waals surface area contributed by atoms with Gasteiger partial charge in [-0.2, -0.15) is 5.26 Å². The molecule has 0 unspecified atom stereocenters. The van der Waals surface area contributed by atoms with Crippen LogP contribution in [0.5, 0.6) is 5.75 Å². The predicted molar refractivity (Wildman–Crippen MR) is 112 cm³/mol. The van der Waals surface area contributed by atoms with Gasteiger partial charge < -0.3 is 13.6 Å². The molecule has 0 amide bonds. The molecule has 0 bridgehead atoms. The Morgan fingerprint density at radius 1 is 1.04 bits per heavy atom. The molecule has 0 aliphatic heterocycles. The smallest absolute Gasteiger partial charge is 0.198 e. The quantitative estimate of drug-likeness (QED) is 0.560. The van der Waals surface area contributed by atoms with Crippen molar-refractivity contribution in [2.45, 2.75) is 77.2 Å². The fourth-order valence-corrected chi connectivity index (χ4v) is 5.36. The largest absolute Gasteiger partial charge is 0.496 e. The molecular formula is C20H35NO3Si2. The Hall–Kier alpha value is -1.14. The lowest BCUT2D eigenvalue weighted by Crippen LogP contribution is -2.53. The third-order valence-corrected chi connectivity index (χ3v) is 10.5. The van der Waals surface area contributed by atoms with Crippen molar-refractivity contribution in [3.63, 3.8) is 0 Å². The van der Waals surface area contributed by atoms with E-state index in [0.29, 0.717) is 5.75 Å². The Morgan fingerprint density at radius 3 is 2.00 bits per heavy atom. The second kappa shape index (κ2) is 7.85. The van der Waals surface area contributed by atoms with Crippen molar-refractivity contribution in [1.82, 2.24) is 0 Å². The van der Waals surface area contributed by atoms with Crippen LogP contribution in [0.4, 0.5) is 0 Å². The number of methoxy groups -OCH3 is 1. The summed E-state index contributed by atoms with van der Waals surface area (Å²) in [6, 6.07) is 10.1. The maximum Gasteiger partial charge on any atom is 0.198 e. The summed E-state index contributed by atoms with van der Waals surface area (Å²) < 4.78 is 18.7. The molecule has 4 nitrogen and oxygen atoms in total. The zero-order valence-electron chi connectivity index (χ0n) is 18.1. The molecular weight excluding hydrogens is 358 g/mol. The zero-order chi connectivity index (χ0) is 20.4. The lowest BCUT2D eigenvalue weighted by Gasteiger charge is -2.45. The minimum absolute atomic E-state index is 0.0440.